The smallest absolute Gasteiger partial charge is 0.356 e. The Balaban J connectivity index is 2.04. The minimum atomic E-state index is -0.960. The van der Waals surface area contributed by atoms with Crippen molar-refractivity contribution in [1.29, 1.82) is 0 Å². The average molecular weight is 347 g/mol. The number of methoxy groups -OCH3 is 2. The van der Waals surface area contributed by atoms with Crippen molar-refractivity contribution in [3.05, 3.63) is 29.5 Å². The SMILES string of the molecule is CCOC(=O)C1=C2C(=O)N(c3ccc(OC)cc3OC)C(=O)[C@@H]2NN1. The molecule has 0 aliphatic carbocycles. The number of hydrogen-bond donors (Lipinski definition) is 2. The highest BCUT2D eigenvalue weighted by molar-refractivity contribution is 6.33. The van der Waals surface area contributed by atoms with E-state index in [1.807, 2.05) is 0 Å². The maximum absolute atomic E-state index is 12.8. The molecule has 0 radical (unpaired) electrons. The lowest BCUT2D eigenvalue weighted by Crippen LogP contribution is -2.42. The number of amides is 2. The predicted molar refractivity (Wildman–Crippen MR) is 85.8 cm³/mol. The van der Waals surface area contributed by atoms with Gasteiger partial charge in [0.15, 0.2) is 0 Å². The molecule has 1 atom stereocenters. The van der Waals surface area contributed by atoms with Gasteiger partial charge in [0.1, 0.15) is 23.2 Å². The normalized spacial score (nSPS) is 19.0. The molecule has 2 aliphatic heterocycles. The number of fused-ring (bicyclic) bond motifs is 1. The standard InChI is InChI=1S/C16H17N3O6/c1-4-25-16(22)13-11-12(17-18-13)15(21)19(14(11)20)9-6-5-8(23-2)7-10(9)24-3/h5-7,12,17-18H,4H2,1-3H3/t12-/m1/s1. The first-order chi connectivity index (χ1) is 12.0. The van der Waals surface area contributed by atoms with Gasteiger partial charge in [0.2, 0.25) is 0 Å². The van der Waals surface area contributed by atoms with Crippen LogP contribution in [0.25, 0.3) is 0 Å². The molecule has 0 spiro atoms. The molecule has 2 heterocycles. The van der Waals surface area contributed by atoms with E-state index in [2.05, 4.69) is 10.9 Å². The molecule has 2 amide bonds. The lowest BCUT2D eigenvalue weighted by molar-refractivity contribution is -0.139. The Labute approximate surface area is 143 Å². The molecular formula is C16H17N3O6. The summed E-state index contributed by atoms with van der Waals surface area (Å²) in [5.74, 6) is -1.01. The molecular weight excluding hydrogens is 330 g/mol. The molecule has 9 heteroatoms. The largest absolute Gasteiger partial charge is 0.497 e. The highest BCUT2D eigenvalue weighted by Gasteiger charge is 2.51. The van der Waals surface area contributed by atoms with Crippen molar-refractivity contribution in [3.63, 3.8) is 0 Å². The van der Waals surface area contributed by atoms with Crippen LogP contribution in [0.1, 0.15) is 6.92 Å². The topological polar surface area (TPSA) is 106 Å². The molecule has 1 saturated heterocycles. The van der Waals surface area contributed by atoms with Crippen molar-refractivity contribution >= 4 is 23.5 Å². The van der Waals surface area contributed by atoms with Gasteiger partial charge in [0.25, 0.3) is 11.8 Å². The number of carbonyl (C=O) groups excluding carboxylic acids is 3. The van der Waals surface area contributed by atoms with Crippen LogP contribution in [0, 0.1) is 0 Å². The molecule has 0 aromatic heterocycles. The molecule has 2 N–H and O–H groups in total. The highest BCUT2D eigenvalue weighted by atomic mass is 16.5. The van der Waals surface area contributed by atoms with E-state index in [1.54, 1.807) is 25.1 Å². The minimum Gasteiger partial charge on any atom is -0.497 e. The predicted octanol–water partition coefficient (Wildman–Crippen LogP) is -0.129. The number of hydrogen-bond acceptors (Lipinski definition) is 8. The number of carbonyl (C=O) groups is 3. The van der Waals surface area contributed by atoms with E-state index in [-0.39, 0.29) is 23.6 Å². The fraction of sp³-hybridized carbons (Fsp3) is 0.312. The van der Waals surface area contributed by atoms with Crippen LogP contribution in [0.3, 0.4) is 0 Å². The number of benzene rings is 1. The van der Waals surface area contributed by atoms with E-state index in [0.29, 0.717) is 11.5 Å². The van der Waals surface area contributed by atoms with E-state index in [1.165, 1.54) is 14.2 Å². The summed E-state index contributed by atoms with van der Waals surface area (Å²) in [5, 5.41) is 0. The average Bonchev–Trinajstić information content (AvgIpc) is 3.15. The minimum absolute atomic E-state index is 0.0290. The Morgan fingerprint density at radius 2 is 2.00 bits per heavy atom. The van der Waals surface area contributed by atoms with E-state index in [0.717, 1.165) is 4.90 Å². The van der Waals surface area contributed by atoms with Gasteiger partial charge in [0.05, 0.1) is 32.1 Å². The lowest BCUT2D eigenvalue weighted by Gasteiger charge is -2.19. The number of anilines is 1. The molecule has 0 bridgehead atoms. The summed E-state index contributed by atoms with van der Waals surface area (Å²) in [6.07, 6.45) is 0. The van der Waals surface area contributed by atoms with E-state index >= 15 is 0 Å². The van der Waals surface area contributed by atoms with Crippen LogP contribution in [0.15, 0.2) is 29.5 Å². The Morgan fingerprint density at radius 1 is 1.24 bits per heavy atom. The number of nitrogens with zero attached hydrogens (tertiary/aromatic N) is 1. The molecule has 0 saturated carbocycles. The van der Waals surface area contributed by atoms with Gasteiger partial charge in [-0.25, -0.2) is 15.1 Å². The molecule has 25 heavy (non-hydrogen) atoms. The number of rotatable bonds is 5. The summed E-state index contributed by atoms with van der Waals surface area (Å²) in [5.41, 5.74) is 5.45. The quantitative estimate of drug-likeness (QED) is 0.560. The molecule has 1 fully saturated rings. The van der Waals surface area contributed by atoms with Crippen molar-refractivity contribution in [1.82, 2.24) is 10.9 Å². The van der Waals surface area contributed by atoms with Crippen LogP contribution in [0.4, 0.5) is 5.69 Å². The third kappa shape index (κ3) is 2.58. The van der Waals surface area contributed by atoms with Crippen LogP contribution in [0.2, 0.25) is 0 Å². The van der Waals surface area contributed by atoms with E-state index < -0.39 is 23.8 Å². The summed E-state index contributed by atoms with van der Waals surface area (Å²) in [6.45, 7) is 1.80. The molecule has 1 aromatic rings. The summed E-state index contributed by atoms with van der Waals surface area (Å²) < 4.78 is 15.3. The zero-order valence-corrected chi connectivity index (χ0v) is 13.9. The van der Waals surface area contributed by atoms with Crippen LogP contribution in [-0.2, 0) is 19.1 Å². The van der Waals surface area contributed by atoms with E-state index in [4.69, 9.17) is 14.2 Å². The first kappa shape index (κ1) is 16.8. The summed E-state index contributed by atoms with van der Waals surface area (Å²) in [4.78, 5) is 38.4. The van der Waals surface area contributed by atoms with E-state index in [9.17, 15) is 14.4 Å². The first-order valence-electron chi connectivity index (χ1n) is 7.56. The first-order valence-corrected chi connectivity index (χ1v) is 7.56. The molecule has 1 aromatic carbocycles. The van der Waals surface area contributed by atoms with Crippen LogP contribution in [0.5, 0.6) is 11.5 Å². The Bertz CT molecular complexity index is 788. The second kappa shape index (κ2) is 6.44. The highest BCUT2D eigenvalue weighted by Crippen LogP contribution is 2.37. The number of esters is 1. The maximum atomic E-state index is 12.8. The van der Waals surface area contributed by atoms with Gasteiger partial charge >= 0.3 is 5.97 Å². The third-order valence-corrected chi connectivity index (χ3v) is 3.91. The van der Waals surface area contributed by atoms with Gasteiger partial charge in [-0.1, -0.05) is 0 Å². The van der Waals surface area contributed by atoms with Crippen LogP contribution in [-0.4, -0.2) is 44.7 Å². The summed E-state index contributed by atoms with van der Waals surface area (Å²) in [7, 11) is 2.92. The van der Waals surface area contributed by atoms with Crippen LogP contribution >= 0.6 is 0 Å². The third-order valence-electron chi connectivity index (χ3n) is 3.91. The molecule has 3 rings (SSSR count). The zero-order valence-electron chi connectivity index (χ0n) is 13.9. The van der Waals surface area contributed by atoms with Gasteiger partial charge < -0.3 is 19.6 Å². The van der Waals surface area contributed by atoms with Gasteiger partial charge in [-0.2, -0.15) is 0 Å². The molecule has 9 nitrogen and oxygen atoms in total. The van der Waals surface area contributed by atoms with Crippen molar-refractivity contribution in [2.24, 2.45) is 0 Å². The number of ether oxygens (including phenoxy) is 3. The van der Waals surface area contributed by atoms with Crippen molar-refractivity contribution in [3.8, 4) is 11.5 Å². The van der Waals surface area contributed by atoms with Gasteiger partial charge in [-0.05, 0) is 19.1 Å². The number of imide groups is 1. The van der Waals surface area contributed by atoms with Crippen molar-refractivity contribution in [2.45, 2.75) is 13.0 Å². The molecule has 132 valence electrons. The lowest BCUT2D eigenvalue weighted by atomic mass is 10.1. The Hall–Kier alpha value is -3.07. The fourth-order valence-corrected chi connectivity index (χ4v) is 2.76. The monoisotopic (exact) mass is 347 g/mol. The van der Waals surface area contributed by atoms with Gasteiger partial charge in [-0.3, -0.25) is 9.59 Å². The van der Waals surface area contributed by atoms with Crippen molar-refractivity contribution in [2.75, 3.05) is 25.7 Å². The molecule has 0 unspecified atom stereocenters. The second-order valence-electron chi connectivity index (χ2n) is 5.23. The number of nitrogens with one attached hydrogen (secondary N) is 2. The number of hydrazine groups is 1. The zero-order chi connectivity index (χ0) is 18.1. The molecule has 2 aliphatic rings. The summed E-state index contributed by atoms with van der Waals surface area (Å²) >= 11 is 0. The second-order valence-corrected chi connectivity index (χ2v) is 5.23. The van der Waals surface area contributed by atoms with Crippen LogP contribution < -0.4 is 25.2 Å². The van der Waals surface area contributed by atoms with Crippen molar-refractivity contribution < 1.29 is 28.6 Å². The Morgan fingerprint density at radius 3 is 2.64 bits per heavy atom. The fourth-order valence-electron chi connectivity index (χ4n) is 2.76. The maximum Gasteiger partial charge on any atom is 0.356 e. The van der Waals surface area contributed by atoms with Gasteiger partial charge in [-0.15, -0.1) is 0 Å². The van der Waals surface area contributed by atoms with Gasteiger partial charge in [0, 0.05) is 6.07 Å². The summed E-state index contributed by atoms with van der Waals surface area (Å²) in [6, 6.07) is 3.76. The Kier molecular flexibility index (Phi) is 4.32.